The fraction of sp³-hybridized carbons (Fsp3) is 0.0667. The first-order valence-corrected chi connectivity index (χ1v) is 7.39. The van der Waals surface area contributed by atoms with Gasteiger partial charge in [-0.1, -0.05) is 41.9 Å². The predicted molar refractivity (Wildman–Crippen MR) is 94.7 cm³/mol. The molecule has 23 heavy (non-hydrogen) atoms. The predicted octanol–water partition coefficient (Wildman–Crippen LogP) is 3.25. The summed E-state index contributed by atoms with van der Waals surface area (Å²) in [5, 5.41) is 18.4. The standard InChI is InChI=1S/C15H13ClN4O2S/c16-14-7-6-13(20(21)22)8-12(14)10-18-19-15(23)17-9-11-4-2-1-3-5-11/h1-8,10H,9H2,(H2,17,19,23). The molecule has 0 unspecified atom stereocenters. The normalized spacial score (nSPS) is 10.5. The Hall–Kier alpha value is -2.51. The van der Waals surface area contributed by atoms with Gasteiger partial charge in [0.15, 0.2) is 5.11 Å². The van der Waals surface area contributed by atoms with Crippen molar-refractivity contribution in [3.05, 3.63) is 74.8 Å². The van der Waals surface area contributed by atoms with Crippen LogP contribution in [-0.4, -0.2) is 16.3 Å². The highest BCUT2D eigenvalue weighted by Gasteiger charge is 2.08. The fourth-order valence-electron chi connectivity index (χ4n) is 1.72. The molecule has 2 aromatic rings. The van der Waals surface area contributed by atoms with E-state index < -0.39 is 4.92 Å². The monoisotopic (exact) mass is 348 g/mol. The Morgan fingerprint density at radius 2 is 2.04 bits per heavy atom. The minimum Gasteiger partial charge on any atom is -0.357 e. The lowest BCUT2D eigenvalue weighted by molar-refractivity contribution is -0.384. The number of nitro groups is 1. The highest BCUT2D eigenvalue weighted by molar-refractivity contribution is 7.80. The molecular weight excluding hydrogens is 336 g/mol. The van der Waals surface area contributed by atoms with Crippen molar-refractivity contribution in [3.63, 3.8) is 0 Å². The number of nitrogens with one attached hydrogen (secondary N) is 2. The summed E-state index contributed by atoms with van der Waals surface area (Å²) in [4.78, 5) is 10.2. The van der Waals surface area contributed by atoms with Gasteiger partial charge in [-0.15, -0.1) is 0 Å². The lowest BCUT2D eigenvalue weighted by Gasteiger charge is -2.06. The summed E-state index contributed by atoms with van der Waals surface area (Å²) in [5.74, 6) is 0. The summed E-state index contributed by atoms with van der Waals surface area (Å²) < 4.78 is 0. The Labute approximate surface area is 143 Å². The molecule has 118 valence electrons. The second kappa shape index (κ2) is 8.21. The lowest BCUT2D eigenvalue weighted by atomic mass is 10.2. The molecule has 0 heterocycles. The Kier molecular flexibility index (Phi) is 6.02. The molecule has 0 aromatic heterocycles. The van der Waals surface area contributed by atoms with Crippen LogP contribution in [0.25, 0.3) is 0 Å². The van der Waals surface area contributed by atoms with E-state index in [9.17, 15) is 10.1 Å². The van der Waals surface area contributed by atoms with Crippen LogP contribution in [0.4, 0.5) is 5.69 Å². The van der Waals surface area contributed by atoms with Crippen LogP contribution in [-0.2, 0) is 6.54 Å². The van der Waals surface area contributed by atoms with Gasteiger partial charge in [0.2, 0.25) is 0 Å². The molecular formula is C15H13ClN4O2S. The average Bonchev–Trinajstić information content (AvgIpc) is 2.55. The Balaban J connectivity index is 1.90. The van der Waals surface area contributed by atoms with Crippen molar-refractivity contribution in [2.24, 2.45) is 5.10 Å². The first-order valence-electron chi connectivity index (χ1n) is 6.61. The zero-order valence-corrected chi connectivity index (χ0v) is 13.5. The number of nitro benzene ring substituents is 1. The SMILES string of the molecule is O=[N+]([O-])c1ccc(Cl)c(C=NNC(=S)NCc2ccccc2)c1. The van der Waals surface area contributed by atoms with Gasteiger partial charge in [0, 0.05) is 29.3 Å². The van der Waals surface area contributed by atoms with Crippen LogP contribution in [0.5, 0.6) is 0 Å². The number of hydrazone groups is 1. The van der Waals surface area contributed by atoms with Crippen LogP contribution in [0.2, 0.25) is 5.02 Å². The molecule has 0 aliphatic rings. The third kappa shape index (κ3) is 5.32. The summed E-state index contributed by atoms with van der Waals surface area (Å²) in [5.41, 5.74) is 4.10. The topological polar surface area (TPSA) is 79.6 Å². The van der Waals surface area contributed by atoms with Crippen LogP contribution in [0.3, 0.4) is 0 Å². The van der Waals surface area contributed by atoms with Crippen molar-refractivity contribution >= 4 is 40.8 Å². The van der Waals surface area contributed by atoms with Crippen molar-refractivity contribution in [3.8, 4) is 0 Å². The van der Waals surface area contributed by atoms with E-state index in [1.165, 1.54) is 24.4 Å². The number of rotatable bonds is 5. The van der Waals surface area contributed by atoms with Crippen LogP contribution in [0, 0.1) is 10.1 Å². The van der Waals surface area contributed by atoms with Gasteiger partial charge in [0.1, 0.15) is 0 Å². The van der Waals surface area contributed by atoms with E-state index in [1.54, 1.807) is 0 Å². The summed E-state index contributed by atoms with van der Waals surface area (Å²) >= 11 is 11.1. The van der Waals surface area contributed by atoms with Gasteiger partial charge < -0.3 is 5.32 Å². The molecule has 0 aliphatic heterocycles. The van der Waals surface area contributed by atoms with Gasteiger partial charge in [0.25, 0.3) is 5.69 Å². The van der Waals surface area contributed by atoms with E-state index in [0.717, 1.165) is 5.56 Å². The van der Waals surface area contributed by atoms with Gasteiger partial charge in [-0.05, 0) is 23.8 Å². The van der Waals surface area contributed by atoms with Gasteiger partial charge in [0.05, 0.1) is 11.1 Å². The summed E-state index contributed by atoms with van der Waals surface area (Å²) in [7, 11) is 0. The molecule has 0 atom stereocenters. The maximum absolute atomic E-state index is 10.7. The number of hydrogen-bond acceptors (Lipinski definition) is 4. The molecule has 2 rings (SSSR count). The van der Waals surface area contributed by atoms with Gasteiger partial charge in [-0.3, -0.25) is 15.5 Å². The van der Waals surface area contributed by atoms with Crippen molar-refractivity contribution < 1.29 is 4.92 Å². The maximum atomic E-state index is 10.7. The molecule has 0 radical (unpaired) electrons. The van der Waals surface area contributed by atoms with Crippen molar-refractivity contribution in [2.45, 2.75) is 6.54 Å². The second-order valence-electron chi connectivity index (χ2n) is 4.50. The number of benzene rings is 2. The Bertz CT molecular complexity index is 738. The van der Waals surface area contributed by atoms with Crippen LogP contribution >= 0.6 is 23.8 Å². The number of non-ortho nitro benzene ring substituents is 1. The largest absolute Gasteiger partial charge is 0.357 e. The number of halogens is 1. The molecule has 0 bridgehead atoms. The smallest absolute Gasteiger partial charge is 0.270 e. The number of thiocarbonyl (C=S) groups is 1. The summed E-state index contributed by atoms with van der Waals surface area (Å²) in [6, 6.07) is 13.9. The molecule has 0 amide bonds. The fourth-order valence-corrected chi connectivity index (χ4v) is 2.01. The molecule has 0 saturated carbocycles. The third-order valence-corrected chi connectivity index (χ3v) is 3.44. The van der Waals surface area contributed by atoms with Gasteiger partial charge in [-0.2, -0.15) is 5.10 Å². The molecule has 0 fully saturated rings. The Morgan fingerprint density at radius 3 is 2.74 bits per heavy atom. The quantitative estimate of drug-likeness (QED) is 0.375. The molecule has 8 heteroatoms. The zero-order chi connectivity index (χ0) is 16.7. The van der Waals surface area contributed by atoms with Gasteiger partial charge in [-0.25, -0.2) is 0 Å². The molecule has 0 spiro atoms. The van der Waals surface area contributed by atoms with E-state index in [1.807, 2.05) is 30.3 Å². The maximum Gasteiger partial charge on any atom is 0.270 e. The van der Waals surface area contributed by atoms with Crippen molar-refractivity contribution in [1.29, 1.82) is 0 Å². The van der Waals surface area contributed by atoms with E-state index in [2.05, 4.69) is 15.8 Å². The first-order chi connectivity index (χ1) is 11.1. The number of hydrogen-bond donors (Lipinski definition) is 2. The first kappa shape index (κ1) is 16.9. The number of nitrogens with zero attached hydrogens (tertiary/aromatic N) is 2. The van der Waals surface area contributed by atoms with Crippen LogP contribution in [0.1, 0.15) is 11.1 Å². The highest BCUT2D eigenvalue weighted by atomic mass is 35.5. The van der Waals surface area contributed by atoms with Crippen molar-refractivity contribution in [1.82, 2.24) is 10.7 Å². The molecule has 0 saturated heterocycles. The van der Waals surface area contributed by atoms with Crippen molar-refractivity contribution in [2.75, 3.05) is 0 Å². The summed E-state index contributed by atoms with van der Waals surface area (Å²) in [6.07, 6.45) is 1.38. The molecule has 6 nitrogen and oxygen atoms in total. The van der Waals surface area contributed by atoms with Crippen LogP contribution in [0.15, 0.2) is 53.6 Å². The highest BCUT2D eigenvalue weighted by Crippen LogP contribution is 2.20. The van der Waals surface area contributed by atoms with Gasteiger partial charge >= 0.3 is 0 Å². The minimum atomic E-state index is -0.493. The van der Waals surface area contributed by atoms with E-state index in [-0.39, 0.29) is 5.69 Å². The molecule has 2 aromatic carbocycles. The van der Waals surface area contributed by atoms with E-state index >= 15 is 0 Å². The minimum absolute atomic E-state index is 0.0550. The summed E-state index contributed by atoms with van der Waals surface area (Å²) in [6.45, 7) is 0.569. The zero-order valence-electron chi connectivity index (χ0n) is 11.9. The molecule has 0 aliphatic carbocycles. The Morgan fingerprint density at radius 1 is 1.30 bits per heavy atom. The second-order valence-corrected chi connectivity index (χ2v) is 5.32. The van der Waals surface area contributed by atoms with E-state index in [0.29, 0.717) is 22.2 Å². The average molecular weight is 349 g/mol. The van der Waals surface area contributed by atoms with Crippen LogP contribution < -0.4 is 10.7 Å². The lowest BCUT2D eigenvalue weighted by Crippen LogP contribution is -2.31. The third-order valence-electron chi connectivity index (χ3n) is 2.86. The molecule has 2 N–H and O–H groups in total. The van der Waals surface area contributed by atoms with E-state index in [4.69, 9.17) is 23.8 Å².